The van der Waals surface area contributed by atoms with Crippen LogP contribution in [-0.2, 0) is 6.54 Å². The second-order valence-electron chi connectivity index (χ2n) is 3.72. The van der Waals surface area contributed by atoms with E-state index in [-0.39, 0.29) is 6.04 Å². The molecule has 2 aromatic rings. The summed E-state index contributed by atoms with van der Waals surface area (Å²) in [5, 5.41) is 4.91. The summed E-state index contributed by atoms with van der Waals surface area (Å²) in [7, 11) is 0. The Hall–Kier alpha value is -0.840. The van der Waals surface area contributed by atoms with Gasteiger partial charge in [-0.25, -0.2) is 0 Å². The van der Waals surface area contributed by atoms with E-state index in [1.165, 1.54) is 0 Å². The van der Waals surface area contributed by atoms with Crippen molar-refractivity contribution >= 4 is 27.5 Å². The average molecular weight is 315 g/mol. The largest absolute Gasteiger partial charge is 0.319 e. The average Bonchev–Trinajstić information content (AvgIpc) is 2.80. The Kier molecular flexibility index (Phi) is 3.86. The molecule has 0 aliphatic rings. The number of hydrogen-bond acceptors (Lipinski definition) is 2. The van der Waals surface area contributed by atoms with E-state index in [1.54, 1.807) is 6.20 Å². The van der Waals surface area contributed by atoms with Gasteiger partial charge in [-0.05, 0) is 46.6 Å². The van der Waals surface area contributed by atoms with Gasteiger partial charge in [-0.2, -0.15) is 5.10 Å². The van der Waals surface area contributed by atoms with Crippen LogP contribution in [0.2, 0.25) is 5.02 Å². The van der Waals surface area contributed by atoms with Crippen LogP contribution < -0.4 is 5.73 Å². The van der Waals surface area contributed by atoms with Gasteiger partial charge < -0.3 is 5.73 Å². The summed E-state index contributed by atoms with van der Waals surface area (Å²) in [6.07, 6.45) is 1.77. The van der Waals surface area contributed by atoms with Crippen molar-refractivity contribution in [3.8, 4) is 0 Å². The molecule has 1 unspecified atom stereocenters. The van der Waals surface area contributed by atoms with Crippen LogP contribution in [0.15, 0.2) is 34.9 Å². The minimum Gasteiger partial charge on any atom is -0.319 e. The van der Waals surface area contributed by atoms with E-state index in [4.69, 9.17) is 17.3 Å². The third-order valence-corrected chi connectivity index (χ3v) is 3.88. The topological polar surface area (TPSA) is 43.8 Å². The molecule has 3 nitrogen and oxygen atoms in total. The van der Waals surface area contributed by atoms with Crippen LogP contribution in [0, 0.1) is 0 Å². The maximum absolute atomic E-state index is 6.23. The molecule has 0 aliphatic carbocycles. The van der Waals surface area contributed by atoms with E-state index in [9.17, 15) is 0 Å². The quantitative estimate of drug-likeness (QED) is 0.944. The molecule has 5 heteroatoms. The number of aromatic nitrogens is 2. The first-order valence-corrected chi connectivity index (χ1v) is 6.52. The third kappa shape index (κ3) is 2.54. The van der Waals surface area contributed by atoms with Crippen molar-refractivity contribution in [2.24, 2.45) is 5.73 Å². The van der Waals surface area contributed by atoms with Crippen molar-refractivity contribution in [2.45, 2.75) is 19.5 Å². The monoisotopic (exact) mass is 313 g/mol. The molecule has 1 aromatic heterocycles. The molecule has 1 aromatic carbocycles. The number of halogens is 2. The highest BCUT2D eigenvalue weighted by Crippen LogP contribution is 2.27. The molecule has 0 radical (unpaired) electrons. The molecule has 90 valence electrons. The Bertz CT molecular complexity index is 524. The van der Waals surface area contributed by atoms with Crippen LogP contribution in [0.5, 0.6) is 0 Å². The highest BCUT2D eigenvalue weighted by atomic mass is 79.9. The SMILES string of the molecule is CCn1nccc1C(N)c1ccc(Cl)c(Br)c1. The lowest BCUT2D eigenvalue weighted by atomic mass is 10.0. The minimum atomic E-state index is -0.189. The van der Waals surface area contributed by atoms with E-state index in [0.29, 0.717) is 5.02 Å². The Labute approximate surface area is 114 Å². The van der Waals surface area contributed by atoms with Crippen molar-refractivity contribution < 1.29 is 0 Å². The van der Waals surface area contributed by atoms with Crippen LogP contribution in [-0.4, -0.2) is 9.78 Å². The van der Waals surface area contributed by atoms with E-state index < -0.39 is 0 Å². The van der Waals surface area contributed by atoms with Crippen LogP contribution in [0.25, 0.3) is 0 Å². The number of aryl methyl sites for hydroxylation is 1. The number of benzene rings is 1. The second kappa shape index (κ2) is 5.21. The Morgan fingerprint density at radius 3 is 2.88 bits per heavy atom. The van der Waals surface area contributed by atoms with Gasteiger partial charge >= 0.3 is 0 Å². The molecule has 0 aliphatic heterocycles. The molecule has 1 atom stereocenters. The zero-order chi connectivity index (χ0) is 12.4. The fraction of sp³-hybridized carbons (Fsp3) is 0.250. The van der Waals surface area contributed by atoms with Gasteiger partial charge in [0.1, 0.15) is 0 Å². The summed E-state index contributed by atoms with van der Waals surface area (Å²) in [5.41, 5.74) is 8.24. The highest BCUT2D eigenvalue weighted by Gasteiger charge is 2.14. The van der Waals surface area contributed by atoms with E-state index in [0.717, 1.165) is 22.3 Å². The molecule has 0 spiro atoms. The summed E-state index contributed by atoms with van der Waals surface area (Å²) in [4.78, 5) is 0. The maximum atomic E-state index is 6.23. The molecule has 0 fully saturated rings. The summed E-state index contributed by atoms with van der Waals surface area (Å²) in [6, 6.07) is 7.47. The normalized spacial score (nSPS) is 12.7. The van der Waals surface area contributed by atoms with Crippen LogP contribution in [0.3, 0.4) is 0 Å². The van der Waals surface area contributed by atoms with Crippen molar-refractivity contribution in [1.82, 2.24) is 9.78 Å². The summed E-state index contributed by atoms with van der Waals surface area (Å²) in [5.74, 6) is 0. The summed E-state index contributed by atoms with van der Waals surface area (Å²) < 4.78 is 2.75. The van der Waals surface area contributed by atoms with Crippen molar-refractivity contribution in [1.29, 1.82) is 0 Å². The summed E-state index contributed by atoms with van der Waals surface area (Å²) >= 11 is 9.37. The van der Waals surface area contributed by atoms with E-state index in [2.05, 4.69) is 21.0 Å². The van der Waals surface area contributed by atoms with Crippen LogP contribution in [0.4, 0.5) is 0 Å². The Morgan fingerprint density at radius 2 is 2.24 bits per heavy atom. The van der Waals surface area contributed by atoms with Gasteiger partial charge in [0.15, 0.2) is 0 Å². The highest BCUT2D eigenvalue weighted by molar-refractivity contribution is 9.10. The fourth-order valence-corrected chi connectivity index (χ4v) is 2.26. The van der Waals surface area contributed by atoms with E-state index in [1.807, 2.05) is 35.9 Å². The van der Waals surface area contributed by atoms with E-state index >= 15 is 0 Å². The zero-order valence-corrected chi connectivity index (χ0v) is 11.7. The van der Waals surface area contributed by atoms with Gasteiger partial charge in [-0.3, -0.25) is 4.68 Å². The molecule has 17 heavy (non-hydrogen) atoms. The van der Waals surface area contributed by atoms with Crippen molar-refractivity contribution in [3.63, 3.8) is 0 Å². The van der Waals surface area contributed by atoms with Crippen LogP contribution in [0.1, 0.15) is 24.2 Å². The molecule has 1 heterocycles. The molecule has 2 rings (SSSR count). The molecule has 2 N–H and O–H groups in total. The molecule has 0 bridgehead atoms. The number of rotatable bonds is 3. The first-order valence-electron chi connectivity index (χ1n) is 5.35. The third-order valence-electron chi connectivity index (χ3n) is 2.67. The van der Waals surface area contributed by atoms with Gasteiger partial charge in [0, 0.05) is 17.2 Å². The lowest BCUT2D eigenvalue weighted by Crippen LogP contribution is -2.17. The first kappa shape index (κ1) is 12.6. The van der Waals surface area contributed by atoms with Gasteiger partial charge in [-0.15, -0.1) is 0 Å². The number of hydrogen-bond donors (Lipinski definition) is 1. The zero-order valence-electron chi connectivity index (χ0n) is 9.40. The lowest BCUT2D eigenvalue weighted by Gasteiger charge is -2.14. The van der Waals surface area contributed by atoms with Crippen LogP contribution >= 0.6 is 27.5 Å². The van der Waals surface area contributed by atoms with Gasteiger partial charge in [0.2, 0.25) is 0 Å². The van der Waals surface area contributed by atoms with Crippen molar-refractivity contribution in [3.05, 3.63) is 51.2 Å². The smallest absolute Gasteiger partial charge is 0.0723 e. The standard InChI is InChI=1S/C12H13BrClN3/c1-2-17-11(5-6-16-17)12(15)8-3-4-10(14)9(13)7-8/h3-7,12H,2,15H2,1H3. The predicted octanol–water partition coefficient (Wildman–Crippen LogP) is 3.37. The Balaban J connectivity index is 2.36. The molecule has 0 saturated heterocycles. The lowest BCUT2D eigenvalue weighted by molar-refractivity contribution is 0.601. The molecular weight excluding hydrogens is 302 g/mol. The minimum absolute atomic E-state index is 0.189. The fourth-order valence-electron chi connectivity index (χ4n) is 1.75. The summed E-state index contributed by atoms with van der Waals surface area (Å²) in [6.45, 7) is 2.85. The molecule has 0 amide bonds. The second-order valence-corrected chi connectivity index (χ2v) is 4.98. The Morgan fingerprint density at radius 1 is 1.47 bits per heavy atom. The van der Waals surface area contributed by atoms with Gasteiger partial charge in [0.25, 0.3) is 0 Å². The number of nitrogens with zero attached hydrogens (tertiary/aromatic N) is 2. The van der Waals surface area contributed by atoms with Crippen molar-refractivity contribution in [2.75, 3.05) is 0 Å². The maximum Gasteiger partial charge on any atom is 0.0723 e. The van der Waals surface area contributed by atoms with Gasteiger partial charge in [-0.1, -0.05) is 17.7 Å². The van der Waals surface area contributed by atoms with Gasteiger partial charge in [0.05, 0.1) is 16.8 Å². The predicted molar refractivity (Wildman–Crippen MR) is 73.1 cm³/mol. The molecular formula is C12H13BrClN3. The first-order chi connectivity index (χ1) is 8.13. The molecule has 0 saturated carbocycles. The number of nitrogens with two attached hydrogens (primary N) is 1.